The first kappa shape index (κ1) is 41.9. The van der Waals surface area contributed by atoms with Crippen molar-refractivity contribution in [2.24, 2.45) is 29.1 Å². The lowest BCUT2D eigenvalue weighted by atomic mass is 9.50. The fourth-order valence-corrected chi connectivity index (χ4v) is 9.21. The van der Waals surface area contributed by atoms with E-state index >= 15 is 0 Å². The van der Waals surface area contributed by atoms with Crippen LogP contribution in [0.1, 0.15) is 133 Å². The molecule has 8 atom stereocenters. The van der Waals surface area contributed by atoms with Gasteiger partial charge in [0.25, 0.3) is 0 Å². The highest BCUT2D eigenvalue weighted by Gasteiger charge is 2.62. The number of carbonyl (C=O) groups excluding carboxylic acids is 2. The van der Waals surface area contributed by atoms with Gasteiger partial charge in [0, 0.05) is 19.3 Å². The normalized spacial score (nSPS) is 35.9. The van der Waals surface area contributed by atoms with Crippen molar-refractivity contribution in [3.8, 4) is 25.7 Å². The van der Waals surface area contributed by atoms with Gasteiger partial charge >= 0.3 is 5.97 Å². The summed E-state index contributed by atoms with van der Waals surface area (Å²) in [6.07, 6.45) is 26.8. The third kappa shape index (κ3) is 8.17. The minimum absolute atomic E-state index is 0.0908. The highest BCUT2D eigenvalue weighted by atomic mass is 16.6. The molecule has 44 heavy (non-hydrogen) atoms. The Balaban J connectivity index is 0.00000169. The van der Waals surface area contributed by atoms with Gasteiger partial charge in [-0.1, -0.05) is 60.0 Å². The van der Waals surface area contributed by atoms with E-state index in [0.717, 1.165) is 38.5 Å². The summed E-state index contributed by atoms with van der Waals surface area (Å²) in [6.45, 7) is 20.6. The van der Waals surface area contributed by atoms with E-state index in [1.807, 2.05) is 48.3 Å². The molecule has 4 aliphatic carbocycles. The van der Waals surface area contributed by atoms with Crippen LogP contribution in [0.3, 0.4) is 0 Å². The summed E-state index contributed by atoms with van der Waals surface area (Å²) >= 11 is 0. The zero-order valence-corrected chi connectivity index (χ0v) is 29.4. The van der Waals surface area contributed by atoms with E-state index in [1.165, 1.54) is 43.8 Å². The van der Waals surface area contributed by atoms with Gasteiger partial charge < -0.3 is 24.5 Å². The number of hydrogen-bond donors (Lipinski definition) is 2. The average molecular weight is 617 g/mol. The molecule has 5 rings (SSSR count). The highest BCUT2D eigenvalue weighted by Crippen LogP contribution is 2.64. The van der Waals surface area contributed by atoms with Gasteiger partial charge in [-0.25, -0.2) is 0 Å². The molecule has 3 fully saturated rings. The molecule has 1 heterocycles. The number of carbonyl (C=O) groups is 2. The molecule has 6 nitrogen and oxygen atoms in total. The van der Waals surface area contributed by atoms with Crippen LogP contribution in [0.15, 0.2) is 11.1 Å². The lowest BCUT2D eigenvalue weighted by molar-refractivity contribution is -0.173. The summed E-state index contributed by atoms with van der Waals surface area (Å²) in [5, 5.41) is 22.2. The summed E-state index contributed by atoms with van der Waals surface area (Å²) in [5.41, 5.74) is 1.01. The minimum atomic E-state index is -0.843. The number of epoxide rings is 1. The third-order valence-electron chi connectivity index (χ3n) is 11.0. The van der Waals surface area contributed by atoms with Crippen molar-refractivity contribution in [1.29, 1.82) is 0 Å². The van der Waals surface area contributed by atoms with Crippen LogP contribution in [0.2, 0.25) is 0 Å². The van der Waals surface area contributed by atoms with Crippen molar-refractivity contribution in [3.05, 3.63) is 11.1 Å². The molecule has 2 saturated carbocycles. The second-order valence-electron chi connectivity index (χ2n) is 13.2. The monoisotopic (exact) mass is 616 g/mol. The van der Waals surface area contributed by atoms with Crippen LogP contribution in [-0.4, -0.2) is 52.5 Å². The van der Waals surface area contributed by atoms with E-state index < -0.39 is 22.9 Å². The van der Waals surface area contributed by atoms with Gasteiger partial charge in [-0.2, -0.15) is 0 Å². The number of terminal acetylenes is 2. The quantitative estimate of drug-likeness (QED) is 0.137. The van der Waals surface area contributed by atoms with Gasteiger partial charge in [0.15, 0.2) is 0 Å². The number of rotatable bonds is 6. The van der Waals surface area contributed by atoms with Crippen molar-refractivity contribution in [3.63, 3.8) is 0 Å². The van der Waals surface area contributed by atoms with Gasteiger partial charge in [-0.05, 0) is 94.0 Å². The Morgan fingerprint density at radius 1 is 1.07 bits per heavy atom. The maximum absolute atomic E-state index is 12.4. The van der Waals surface area contributed by atoms with Gasteiger partial charge in [0.05, 0.1) is 18.3 Å². The first-order valence-electron chi connectivity index (χ1n) is 16.9. The third-order valence-corrected chi connectivity index (χ3v) is 11.0. The van der Waals surface area contributed by atoms with E-state index in [1.54, 1.807) is 0 Å². The molecule has 0 aromatic carbocycles. The first-order chi connectivity index (χ1) is 20.9. The van der Waals surface area contributed by atoms with Crippen molar-refractivity contribution in [2.45, 2.75) is 156 Å². The molecule has 6 heteroatoms. The molecule has 0 radical (unpaired) electrons. The second-order valence-corrected chi connectivity index (χ2v) is 13.2. The molecule has 5 aliphatic rings. The van der Waals surface area contributed by atoms with Gasteiger partial charge in [-0.15, -0.1) is 25.7 Å². The summed E-state index contributed by atoms with van der Waals surface area (Å²) in [4.78, 5) is 20.4. The number of aliphatic hydroxyl groups is 2. The summed E-state index contributed by atoms with van der Waals surface area (Å²) in [5.74, 6) is 1.64. The fraction of sp³-hybridized carbons (Fsp3) is 0.789. The van der Waals surface area contributed by atoms with Crippen molar-refractivity contribution < 1.29 is 29.3 Å². The minimum Gasteiger partial charge on any atom is -0.458 e. The number of hydrogen-bond acceptors (Lipinski definition) is 6. The zero-order valence-electron chi connectivity index (χ0n) is 29.4. The molecule has 2 N–H and O–H groups in total. The summed E-state index contributed by atoms with van der Waals surface area (Å²) < 4.78 is 12.0. The maximum atomic E-state index is 12.4. The Morgan fingerprint density at radius 3 is 2.14 bits per heavy atom. The number of esters is 1. The predicted octanol–water partition coefficient (Wildman–Crippen LogP) is 7.69. The fourth-order valence-electron chi connectivity index (χ4n) is 9.21. The molecule has 1 saturated heterocycles. The van der Waals surface area contributed by atoms with Gasteiger partial charge in [0.1, 0.15) is 18.0 Å². The average Bonchev–Trinajstić information content (AvgIpc) is 3.74. The van der Waals surface area contributed by atoms with E-state index in [9.17, 15) is 15.0 Å². The Kier molecular flexibility index (Phi) is 17.3. The van der Waals surface area contributed by atoms with E-state index in [4.69, 9.17) is 14.3 Å². The lowest BCUT2D eigenvalue weighted by Gasteiger charge is -2.57. The smallest absolute Gasteiger partial charge is 0.303 e. The summed E-state index contributed by atoms with van der Waals surface area (Å²) in [7, 11) is 0. The number of fused-ring (bicyclic) bond motifs is 4. The second kappa shape index (κ2) is 18.1. The Morgan fingerprint density at radius 2 is 1.64 bits per heavy atom. The maximum Gasteiger partial charge on any atom is 0.303 e. The number of ether oxygens (including phenoxy) is 2. The molecule has 1 aliphatic heterocycles. The molecule has 5 unspecified atom stereocenters. The van der Waals surface area contributed by atoms with E-state index in [-0.39, 0.29) is 23.2 Å². The molecule has 0 aromatic heterocycles. The van der Waals surface area contributed by atoms with E-state index in [0.29, 0.717) is 24.9 Å². The molecule has 0 aromatic rings. The van der Waals surface area contributed by atoms with Crippen LogP contribution in [-0.2, 0) is 19.1 Å². The van der Waals surface area contributed by atoms with Gasteiger partial charge in [0.2, 0.25) is 0 Å². The summed E-state index contributed by atoms with van der Waals surface area (Å²) in [6, 6.07) is 0. The van der Waals surface area contributed by atoms with Crippen LogP contribution in [0.4, 0.5) is 0 Å². The van der Waals surface area contributed by atoms with Gasteiger partial charge in [-0.3, -0.25) is 4.79 Å². The molecule has 0 spiro atoms. The lowest BCUT2D eigenvalue weighted by Crippen LogP contribution is -2.55. The van der Waals surface area contributed by atoms with Crippen LogP contribution >= 0.6 is 0 Å². The topological polar surface area (TPSA) is 96.4 Å². The Hall–Kier alpha value is -2.12. The standard InChI is InChI=1S/C29H46O5.2C2H6.2C2H2.CH2O/c1-18-8-6-14-27(5)22(18)13-11-21-23-12-10-20(9-7-15-28(17-33-28)26(3,4)32)29(23,34-19(2)30)16-24(31)25(21)27;5*1-2/h18,20,22-24,31-32H,6-17H2,1-5H3;2*1-2H3;2*1-2H;1H2/t18?,20?,22?,23?,24-,27-,28?,29-;;;;;/m0...../s1. The largest absolute Gasteiger partial charge is 0.458 e. The molecule has 0 bridgehead atoms. The molecule has 0 amide bonds. The van der Waals surface area contributed by atoms with Crippen LogP contribution in [0.25, 0.3) is 0 Å². The predicted molar refractivity (Wildman–Crippen MR) is 181 cm³/mol. The molecular formula is C38H64O6. The van der Waals surface area contributed by atoms with Crippen LogP contribution < -0.4 is 0 Å². The Bertz CT molecular complexity index is 947. The zero-order chi connectivity index (χ0) is 34.5. The number of aliphatic hydroxyl groups excluding tert-OH is 1. The van der Waals surface area contributed by atoms with Crippen molar-refractivity contribution >= 4 is 12.8 Å². The SMILES string of the molecule is C#C.C#C.C=O.CC.CC.CC(=O)O[C@]12C[C@H](O)C3=C(CCC4C(C)CCC[C@]34C)C1CCC2CCCC1(C(C)(C)O)CO1. The van der Waals surface area contributed by atoms with Crippen molar-refractivity contribution in [2.75, 3.05) is 6.61 Å². The Labute approximate surface area is 270 Å². The first-order valence-corrected chi connectivity index (χ1v) is 16.9. The van der Waals surface area contributed by atoms with Crippen molar-refractivity contribution in [1.82, 2.24) is 0 Å². The molecular weight excluding hydrogens is 552 g/mol. The molecule has 252 valence electrons. The van der Waals surface area contributed by atoms with Crippen LogP contribution in [0.5, 0.6) is 0 Å². The van der Waals surface area contributed by atoms with E-state index in [2.05, 4.69) is 39.5 Å². The van der Waals surface area contributed by atoms with Crippen LogP contribution in [0, 0.1) is 54.8 Å². The highest BCUT2D eigenvalue weighted by molar-refractivity contribution is 5.67.